The number of aliphatic hydroxyl groups excluding tert-OH is 1. The topological polar surface area (TPSA) is 87.2 Å². The number of rotatable bonds is 8. The number of H-pyrrole nitrogens is 1. The van der Waals surface area contributed by atoms with Gasteiger partial charge in [-0.05, 0) is 18.6 Å². The SMILES string of the molecule is COCC(CCO)NC(=O)CCc1nc2ccccc2[nH]1. The summed E-state index contributed by atoms with van der Waals surface area (Å²) in [6.07, 6.45) is 1.40. The highest BCUT2D eigenvalue weighted by Crippen LogP contribution is 2.11. The van der Waals surface area contributed by atoms with Crippen molar-refractivity contribution in [3.63, 3.8) is 0 Å². The lowest BCUT2D eigenvalue weighted by atomic mass is 10.2. The molecular weight excluding hydrogens is 270 g/mol. The molecule has 1 heterocycles. The van der Waals surface area contributed by atoms with Crippen molar-refractivity contribution in [3.05, 3.63) is 30.1 Å². The highest BCUT2D eigenvalue weighted by atomic mass is 16.5. The molecule has 114 valence electrons. The maximum atomic E-state index is 11.9. The molecule has 0 aliphatic heterocycles. The molecule has 21 heavy (non-hydrogen) atoms. The number of imidazole rings is 1. The van der Waals surface area contributed by atoms with Crippen LogP contribution in [0.2, 0.25) is 0 Å². The van der Waals surface area contributed by atoms with Gasteiger partial charge >= 0.3 is 0 Å². The van der Waals surface area contributed by atoms with Gasteiger partial charge in [-0.15, -0.1) is 0 Å². The molecule has 0 saturated heterocycles. The predicted molar refractivity (Wildman–Crippen MR) is 79.9 cm³/mol. The number of aryl methyl sites for hydroxylation is 1. The van der Waals surface area contributed by atoms with Crippen LogP contribution in [0.3, 0.4) is 0 Å². The molecule has 0 aliphatic carbocycles. The zero-order valence-corrected chi connectivity index (χ0v) is 12.1. The molecule has 1 unspecified atom stereocenters. The first-order valence-electron chi connectivity index (χ1n) is 7.05. The Morgan fingerprint density at radius 2 is 2.29 bits per heavy atom. The van der Waals surface area contributed by atoms with Crippen LogP contribution in [0, 0.1) is 0 Å². The molecule has 1 aromatic carbocycles. The van der Waals surface area contributed by atoms with E-state index in [4.69, 9.17) is 9.84 Å². The monoisotopic (exact) mass is 291 g/mol. The average molecular weight is 291 g/mol. The minimum atomic E-state index is -0.150. The second-order valence-electron chi connectivity index (χ2n) is 4.93. The molecule has 0 aliphatic rings. The van der Waals surface area contributed by atoms with Gasteiger partial charge in [0.25, 0.3) is 0 Å². The molecule has 0 radical (unpaired) electrons. The van der Waals surface area contributed by atoms with Crippen LogP contribution in [0.25, 0.3) is 11.0 Å². The van der Waals surface area contributed by atoms with E-state index >= 15 is 0 Å². The van der Waals surface area contributed by atoms with Gasteiger partial charge in [0.05, 0.1) is 23.7 Å². The molecule has 0 fully saturated rings. The number of benzene rings is 1. The number of amides is 1. The fourth-order valence-electron chi connectivity index (χ4n) is 2.21. The molecule has 1 amide bonds. The van der Waals surface area contributed by atoms with E-state index in [9.17, 15) is 4.79 Å². The highest BCUT2D eigenvalue weighted by Gasteiger charge is 2.12. The Labute approximate surface area is 123 Å². The largest absolute Gasteiger partial charge is 0.396 e. The first kappa shape index (κ1) is 15.5. The van der Waals surface area contributed by atoms with Crippen LogP contribution in [-0.2, 0) is 16.0 Å². The van der Waals surface area contributed by atoms with Crippen molar-refractivity contribution < 1.29 is 14.6 Å². The number of carbonyl (C=O) groups excluding carboxylic acids is 1. The summed E-state index contributed by atoms with van der Waals surface area (Å²) in [5.74, 6) is 0.739. The number of fused-ring (bicyclic) bond motifs is 1. The lowest BCUT2D eigenvalue weighted by molar-refractivity contribution is -0.122. The van der Waals surface area contributed by atoms with Crippen LogP contribution in [0.15, 0.2) is 24.3 Å². The van der Waals surface area contributed by atoms with Crippen LogP contribution < -0.4 is 5.32 Å². The summed E-state index contributed by atoms with van der Waals surface area (Å²) in [5, 5.41) is 11.8. The lowest BCUT2D eigenvalue weighted by Gasteiger charge is -2.16. The van der Waals surface area contributed by atoms with Gasteiger partial charge in [-0.25, -0.2) is 4.98 Å². The van der Waals surface area contributed by atoms with E-state index in [1.165, 1.54) is 0 Å². The number of nitrogens with one attached hydrogen (secondary N) is 2. The maximum absolute atomic E-state index is 11.9. The Bertz CT molecular complexity index is 543. The Morgan fingerprint density at radius 3 is 3.00 bits per heavy atom. The predicted octanol–water partition coefficient (Wildman–Crippen LogP) is 1.01. The molecule has 0 saturated carbocycles. The zero-order valence-electron chi connectivity index (χ0n) is 12.1. The second-order valence-corrected chi connectivity index (χ2v) is 4.93. The molecule has 2 aromatic rings. The maximum Gasteiger partial charge on any atom is 0.220 e. The molecule has 0 bridgehead atoms. The number of para-hydroxylation sites is 2. The van der Waals surface area contributed by atoms with Crippen LogP contribution in [0.4, 0.5) is 0 Å². The zero-order chi connectivity index (χ0) is 15.1. The number of aromatic amines is 1. The summed E-state index contributed by atoms with van der Waals surface area (Å²) in [7, 11) is 1.57. The van der Waals surface area contributed by atoms with Crippen molar-refractivity contribution in [2.24, 2.45) is 0 Å². The van der Waals surface area contributed by atoms with E-state index in [1.54, 1.807) is 7.11 Å². The van der Waals surface area contributed by atoms with Crippen molar-refractivity contribution in [3.8, 4) is 0 Å². The third-order valence-electron chi connectivity index (χ3n) is 3.24. The molecular formula is C15H21N3O3. The standard InChI is InChI=1S/C15H21N3O3/c1-21-10-11(8-9-19)16-15(20)7-6-14-17-12-4-2-3-5-13(12)18-14/h2-5,11,19H,6-10H2,1H3,(H,16,20)(H,17,18). The quantitative estimate of drug-likeness (QED) is 0.677. The van der Waals surface area contributed by atoms with Gasteiger partial charge in [0.15, 0.2) is 0 Å². The first-order valence-corrected chi connectivity index (χ1v) is 7.05. The number of hydrogen-bond donors (Lipinski definition) is 3. The molecule has 2 rings (SSSR count). The van der Waals surface area contributed by atoms with Gasteiger partial charge in [-0.2, -0.15) is 0 Å². The number of hydrogen-bond acceptors (Lipinski definition) is 4. The molecule has 1 aromatic heterocycles. The van der Waals surface area contributed by atoms with Gasteiger partial charge in [0, 0.05) is 26.6 Å². The smallest absolute Gasteiger partial charge is 0.220 e. The Balaban J connectivity index is 1.85. The summed E-state index contributed by atoms with van der Waals surface area (Å²) in [5.41, 5.74) is 1.89. The van der Waals surface area contributed by atoms with E-state index in [0.717, 1.165) is 16.9 Å². The molecule has 3 N–H and O–H groups in total. The number of aliphatic hydroxyl groups is 1. The number of nitrogens with zero attached hydrogens (tertiary/aromatic N) is 1. The van der Waals surface area contributed by atoms with E-state index in [-0.39, 0.29) is 18.6 Å². The van der Waals surface area contributed by atoms with Gasteiger partial charge < -0.3 is 20.1 Å². The van der Waals surface area contributed by atoms with Crippen LogP contribution >= 0.6 is 0 Å². The summed E-state index contributed by atoms with van der Waals surface area (Å²) in [4.78, 5) is 19.5. The van der Waals surface area contributed by atoms with Crippen molar-refractivity contribution in [1.82, 2.24) is 15.3 Å². The Hall–Kier alpha value is -1.92. The van der Waals surface area contributed by atoms with Gasteiger partial charge in [0.2, 0.25) is 5.91 Å². The molecule has 6 heteroatoms. The number of carbonyl (C=O) groups is 1. The summed E-state index contributed by atoms with van der Waals surface area (Å²) >= 11 is 0. The Morgan fingerprint density at radius 1 is 1.48 bits per heavy atom. The van der Waals surface area contributed by atoms with Crippen molar-refractivity contribution >= 4 is 16.9 Å². The number of methoxy groups -OCH3 is 1. The lowest BCUT2D eigenvalue weighted by Crippen LogP contribution is -2.38. The second kappa shape index (κ2) is 7.75. The molecule has 0 spiro atoms. The number of ether oxygens (including phenoxy) is 1. The Kier molecular flexibility index (Phi) is 5.71. The van der Waals surface area contributed by atoms with Gasteiger partial charge in [-0.3, -0.25) is 4.79 Å². The van der Waals surface area contributed by atoms with Crippen molar-refractivity contribution in [1.29, 1.82) is 0 Å². The summed E-state index contributed by atoms with van der Waals surface area (Å²) < 4.78 is 5.02. The normalized spacial score (nSPS) is 12.5. The minimum Gasteiger partial charge on any atom is -0.396 e. The first-order chi connectivity index (χ1) is 10.2. The fourth-order valence-corrected chi connectivity index (χ4v) is 2.21. The third-order valence-corrected chi connectivity index (χ3v) is 3.24. The van der Waals surface area contributed by atoms with Gasteiger partial charge in [-0.1, -0.05) is 12.1 Å². The third kappa shape index (κ3) is 4.54. The summed E-state index contributed by atoms with van der Waals surface area (Å²) in [6.45, 7) is 0.425. The van der Waals surface area contributed by atoms with Crippen LogP contribution in [0.5, 0.6) is 0 Å². The van der Waals surface area contributed by atoms with E-state index in [0.29, 0.717) is 25.9 Å². The highest BCUT2D eigenvalue weighted by molar-refractivity contribution is 5.77. The minimum absolute atomic E-state index is 0.0257. The molecule has 6 nitrogen and oxygen atoms in total. The van der Waals surface area contributed by atoms with Crippen LogP contribution in [-0.4, -0.2) is 47.3 Å². The van der Waals surface area contributed by atoms with E-state index in [1.807, 2.05) is 24.3 Å². The van der Waals surface area contributed by atoms with Gasteiger partial charge in [0.1, 0.15) is 5.82 Å². The fraction of sp³-hybridized carbons (Fsp3) is 0.467. The van der Waals surface area contributed by atoms with Crippen LogP contribution in [0.1, 0.15) is 18.7 Å². The average Bonchev–Trinajstić information content (AvgIpc) is 2.88. The van der Waals surface area contributed by atoms with Crippen molar-refractivity contribution in [2.45, 2.75) is 25.3 Å². The van der Waals surface area contributed by atoms with E-state index in [2.05, 4.69) is 15.3 Å². The van der Waals surface area contributed by atoms with E-state index < -0.39 is 0 Å². The van der Waals surface area contributed by atoms with Crippen molar-refractivity contribution in [2.75, 3.05) is 20.3 Å². The number of aromatic nitrogens is 2. The summed E-state index contributed by atoms with van der Waals surface area (Å²) in [6, 6.07) is 7.63. The molecule has 1 atom stereocenters.